The van der Waals surface area contributed by atoms with Crippen LogP contribution >= 0.6 is 0 Å². The Morgan fingerprint density at radius 3 is 3.00 bits per heavy atom. The van der Waals surface area contributed by atoms with Gasteiger partial charge in [0.25, 0.3) is 0 Å². The minimum absolute atomic E-state index is 0.00931. The van der Waals surface area contributed by atoms with E-state index in [1.807, 2.05) is 13.8 Å². The van der Waals surface area contributed by atoms with E-state index in [2.05, 4.69) is 15.5 Å². The molecule has 0 radical (unpaired) electrons. The molecular formula is C10H17N3O2. The van der Waals surface area contributed by atoms with Crippen LogP contribution in [0.4, 0.5) is 0 Å². The summed E-state index contributed by atoms with van der Waals surface area (Å²) in [5, 5.41) is 9.51. The minimum Gasteiger partial charge on any atom is -0.381 e. The first-order valence-corrected chi connectivity index (χ1v) is 4.91. The van der Waals surface area contributed by atoms with Crippen molar-refractivity contribution in [1.29, 1.82) is 0 Å². The summed E-state index contributed by atoms with van der Waals surface area (Å²) < 4.78 is 5.00. The number of ether oxygens (including phenoxy) is 1. The van der Waals surface area contributed by atoms with Gasteiger partial charge < -0.3 is 10.1 Å². The van der Waals surface area contributed by atoms with E-state index in [1.54, 1.807) is 13.3 Å². The molecule has 0 aliphatic rings. The first-order chi connectivity index (χ1) is 7.13. The number of aryl methyl sites for hydroxylation is 1. The molecule has 1 atom stereocenters. The molecule has 5 heteroatoms. The van der Waals surface area contributed by atoms with Crippen molar-refractivity contribution >= 4 is 5.91 Å². The number of H-pyrrole nitrogens is 1. The van der Waals surface area contributed by atoms with Crippen LogP contribution in [0.1, 0.15) is 24.6 Å². The van der Waals surface area contributed by atoms with Crippen LogP contribution in [-0.2, 0) is 16.1 Å². The average molecular weight is 211 g/mol. The van der Waals surface area contributed by atoms with Crippen molar-refractivity contribution in [3.05, 3.63) is 17.5 Å². The number of aromatic amines is 1. The van der Waals surface area contributed by atoms with Gasteiger partial charge >= 0.3 is 0 Å². The molecule has 2 N–H and O–H groups in total. The molecule has 0 fully saturated rings. The van der Waals surface area contributed by atoms with Crippen LogP contribution in [0, 0.1) is 6.92 Å². The highest BCUT2D eigenvalue weighted by molar-refractivity contribution is 5.76. The predicted molar refractivity (Wildman–Crippen MR) is 56.3 cm³/mol. The smallest absolute Gasteiger partial charge is 0.222 e. The maximum Gasteiger partial charge on any atom is 0.222 e. The maximum atomic E-state index is 11.4. The molecule has 0 unspecified atom stereocenters. The number of rotatable bonds is 5. The Morgan fingerprint density at radius 1 is 1.73 bits per heavy atom. The van der Waals surface area contributed by atoms with Crippen LogP contribution in [0.3, 0.4) is 0 Å². The van der Waals surface area contributed by atoms with Gasteiger partial charge in [-0.2, -0.15) is 5.10 Å². The molecule has 0 saturated heterocycles. The van der Waals surface area contributed by atoms with E-state index in [0.29, 0.717) is 13.0 Å². The molecule has 1 amide bonds. The van der Waals surface area contributed by atoms with Crippen LogP contribution in [0.15, 0.2) is 6.20 Å². The molecule has 1 heterocycles. The minimum atomic E-state index is -0.0459. The van der Waals surface area contributed by atoms with Gasteiger partial charge in [-0.25, -0.2) is 0 Å². The Bertz CT molecular complexity index is 322. The van der Waals surface area contributed by atoms with Crippen LogP contribution < -0.4 is 5.32 Å². The van der Waals surface area contributed by atoms with E-state index in [4.69, 9.17) is 4.74 Å². The van der Waals surface area contributed by atoms with Gasteiger partial charge in [0.15, 0.2) is 0 Å². The third-order valence-electron chi connectivity index (χ3n) is 2.29. The first-order valence-electron chi connectivity index (χ1n) is 4.91. The number of nitrogens with one attached hydrogen (secondary N) is 2. The molecule has 0 aliphatic heterocycles. The second kappa shape index (κ2) is 5.50. The fraction of sp³-hybridized carbons (Fsp3) is 0.600. The number of carbonyl (C=O) groups is 1. The summed E-state index contributed by atoms with van der Waals surface area (Å²) >= 11 is 0. The van der Waals surface area contributed by atoms with Crippen LogP contribution in [-0.4, -0.2) is 29.3 Å². The van der Waals surface area contributed by atoms with Gasteiger partial charge in [-0.15, -0.1) is 0 Å². The van der Waals surface area contributed by atoms with Crippen LogP contribution in [0.5, 0.6) is 0 Å². The molecule has 1 aromatic heterocycles. The first kappa shape index (κ1) is 11.7. The Hall–Kier alpha value is -1.36. The SMILES string of the molecule is CO[C@H](C)CC(=O)NCc1cn[nH]c1C. The summed E-state index contributed by atoms with van der Waals surface area (Å²) in [5.74, 6) is -0.00931. The Morgan fingerprint density at radius 2 is 2.47 bits per heavy atom. The molecule has 84 valence electrons. The van der Waals surface area contributed by atoms with Crippen molar-refractivity contribution in [1.82, 2.24) is 15.5 Å². The third kappa shape index (κ3) is 3.71. The fourth-order valence-corrected chi connectivity index (χ4v) is 1.16. The number of amides is 1. The van der Waals surface area contributed by atoms with E-state index >= 15 is 0 Å². The van der Waals surface area contributed by atoms with Crippen molar-refractivity contribution in [3.8, 4) is 0 Å². The third-order valence-corrected chi connectivity index (χ3v) is 2.29. The summed E-state index contributed by atoms with van der Waals surface area (Å²) in [4.78, 5) is 11.4. The normalized spacial score (nSPS) is 12.5. The quantitative estimate of drug-likeness (QED) is 0.755. The number of nitrogens with zero attached hydrogens (tertiary/aromatic N) is 1. The Kier molecular flexibility index (Phi) is 4.30. The van der Waals surface area contributed by atoms with Crippen molar-refractivity contribution in [2.45, 2.75) is 32.9 Å². The van der Waals surface area contributed by atoms with E-state index < -0.39 is 0 Å². The summed E-state index contributed by atoms with van der Waals surface area (Å²) in [7, 11) is 1.60. The summed E-state index contributed by atoms with van der Waals surface area (Å²) in [6.45, 7) is 4.30. The zero-order valence-corrected chi connectivity index (χ0v) is 9.33. The maximum absolute atomic E-state index is 11.4. The number of hydrogen-bond donors (Lipinski definition) is 2. The zero-order valence-electron chi connectivity index (χ0n) is 9.33. The van der Waals surface area contributed by atoms with Crippen LogP contribution in [0.25, 0.3) is 0 Å². The highest BCUT2D eigenvalue weighted by Crippen LogP contribution is 2.02. The van der Waals surface area contributed by atoms with Gasteiger partial charge in [0.05, 0.1) is 18.7 Å². The van der Waals surface area contributed by atoms with E-state index in [1.165, 1.54) is 0 Å². The summed E-state index contributed by atoms with van der Waals surface area (Å²) in [6, 6.07) is 0. The number of carbonyl (C=O) groups excluding carboxylic acids is 1. The number of methoxy groups -OCH3 is 1. The lowest BCUT2D eigenvalue weighted by molar-refractivity contribution is -0.123. The van der Waals surface area contributed by atoms with Crippen molar-refractivity contribution in [2.75, 3.05) is 7.11 Å². The summed E-state index contributed by atoms with van der Waals surface area (Å²) in [5.41, 5.74) is 1.99. The van der Waals surface area contributed by atoms with Crippen molar-refractivity contribution in [2.24, 2.45) is 0 Å². The molecule has 0 spiro atoms. The predicted octanol–water partition coefficient (Wildman–Crippen LogP) is 0.759. The monoisotopic (exact) mass is 211 g/mol. The van der Waals surface area contributed by atoms with Gasteiger partial charge in [-0.3, -0.25) is 9.89 Å². The van der Waals surface area contributed by atoms with E-state index in [-0.39, 0.29) is 12.0 Å². The highest BCUT2D eigenvalue weighted by Gasteiger charge is 2.08. The second-order valence-electron chi connectivity index (χ2n) is 3.55. The number of hydrogen-bond acceptors (Lipinski definition) is 3. The molecule has 15 heavy (non-hydrogen) atoms. The topological polar surface area (TPSA) is 67.0 Å². The molecule has 5 nitrogen and oxygen atoms in total. The molecule has 0 bridgehead atoms. The van der Waals surface area contributed by atoms with Crippen molar-refractivity contribution in [3.63, 3.8) is 0 Å². The molecule has 1 aromatic rings. The molecule has 0 aliphatic carbocycles. The van der Waals surface area contributed by atoms with Gasteiger partial charge in [-0.1, -0.05) is 0 Å². The molecule has 0 aromatic carbocycles. The Balaban J connectivity index is 2.31. The van der Waals surface area contributed by atoms with E-state index in [9.17, 15) is 4.79 Å². The van der Waals surface area contributed by atoms with Gasteiger partial charge in [-0.05, 0) is 13.8 Å². The summed E-state index contributed by atoms with van der Waals surface area (Å²) in [6.07, 6.45) is 2.05. The van der Waals surface area contributed by atoms with Gasteiger partial charge in [0.1, 0.15) is 0 Å². The standard InChI is InChI=1S/C10H17N3O2/c1-7(15-3)4-10(14)11-5-9-6-12-13-8(9)2/h6-7H,4-5H2,1-3H3,(H,11,14)(H,12,13)/t7-/m1/s1. The Labute approximate surface area is 89.2 Å². The van der Waals surface area contributed by atoms with Crippen LogP contribution in [0.2, 0.25) is 0 Å². The molecule has 1 rings (SSSR count). The fourth-order valence-electron chi connectivity index (χ4n) is 1.16. The van der Waals surface area contributed by atoms with E-state index in [0.717, 1.165) is 11.3 Å². The lowest BCUT2D eigenvalue weighted by atomic mass is 10.2. The largest absolute Gasteiger partial charge is 0.381 e. The van der Waals surface area contributed by atoms with Gasteiger partial charge in [0, 0.05) is 24.9 Å². The number of aromatic nitrogens is 2. The molecular weight excluding hydrogens is 194 g/mol. The molecule has 0 saturated carbocycles. The second-order valence-corrected chi connectivity index (χ2v) is 3.55. The van der Waals surface area contributed by atoms with Gasteiger partial charge in [0.2, 0.25) is 5.91 Å². The highest BCUT2D eigenvalue weighted by atomic mass is 16.5. The van der Waals surface area contributed by atoms with Crippen molar-refractivity contribution < 1.29 is 9.53 Å². The lowest BCUT2D eigenvalue weighted by Crippen LogP contribution is -2.26. The average Bonchev–Trinajstić information content (AvgIpc) is 2.61. The lowest BCUT2D eigenvalue weighted by Gasteiger charge is -2.09. The zero-order chi connectivity index (χ0) is 11.3.